The van der Waals surface area contributed by atoms with Gasteiger partial charge in [0.2, 0.25) is 5.88 Å². The molecular weight excluding hydrogens is 321 g/mol. The third-order valence-corrected chi connectivity index (χ3v) is 3.79. The molecule has 24 heavy (non-hydrogen) atoms. The molecule has 2 heterocycles. The van der Waals surface area contributed by atoms with E-state index in [0.29, 0.717) is 25.4 Å². The van der Waals surface area contributed by atoms with Gasteiger partial charge in [-0.1, -0.05) is 12.1 Å². The standard InChI is InChI=1S/C17H15F3N2O2/c18-17(19,20)13-5-3-4-12(10-13)16(23)22-9-7-14(11-22)24-15-6-1-2-8-21-15/h1-6,8,10,14H,7,9,11H2. The molecule has 0 spiro atoms. The SMILES string of the molecule is O=C(c1cccc(C(F)(F)F)c1)N1CCC(Oc2ccccn2)C1. The number of aromatic nitrogens is 1. The van der Waals surface area contributed by atoms with Gasteiger partial charge in [-0.05, 0) is 24.3 Å². The molecule has 4 nitrogen and oxygen atoms in total. The number of likely N-dealkylation sites (tertiary alicyclic amines) is 1. The Hall–Kier alpha value is -2.57. The van der Waals surface area contributed by atoms with Crippen molar-refractivity contribution in [3.8, 4) is 5.88 Å². The predicted molar refractivity (Wildman–Crippen MR) is 80.6 cm³/mol. The number of pyridine rings is 1. The maximum absolute atomic E-state index is 12.8. The first-order valence-corrected chi connectivity index (χ1v) is 7.48. The minimum atomic E-state index is -4.47. The predicted octanol–water partition coefficient (Wildman–Crippen LogP) is 3.39. The topological polar surface area (TPSA) is 42.4 Å². The highest BCUT2D eigenvalue weighted by molar-refractivity contribution is 5.94. The zero-order valence-corrected chi connectivity index (χ0v) is 12.7. The van der Waals surface area contributed by atoms with Crippen molar-refractivity contribution in [2.45, 2.75) is 18.7 Å². The maximum atomic E-state index is 12.8. The second-order valence-corrected chi connectivity index (χ2v) is 5.53. The Bertz CT molecular complexity index is 719. The molecule has 0 aliphatic carbocycles. The van der Waals surface area contributed by atoms with Gasteiger partial charge in [0.25, 0.3) is 5.91 Å². The van der Waals surface area contributed by atoms with Crippen LogP contribution in [0.1, 0.15) is 22.3 Å². The number of carbonyl (C=O) groups excluding carboxylic acids is 1. The van der Waals surface area contributed by atoms with E-state index in [1.54, 1.807) is 24.4 Å². The molecule has 1 aliphatic rings. The molecule has 1 aromatic carbocycles. The molecule has 1 aromatic heterocycles. The maximum Gasteiger partial charge on any atom is 0.416 e. The van der Waals surface area contributed by atoms with Crippen molar-refractivity contribution < 1.29 is 22.7 Å². The summed E-state index contributed by atoms with van der Waals surface area (Å²) in [7, 11) is 0. The Morgan fingerprint density at radius 1 is 1.21 bits per heavy atom. The molecule has 7 heteroatoms. The lowest BCUT2D eigenvalue weighted by molar-refractivity contribution is -0.137. The number of nitrogens with zero attached hydrogens (tertiary/aromatic N) is 2. The summed E-state index contributed by atoms with van der Waals surface area (Å²) in [5.41, 5.74) is -0.794. The number of halogens is 3. The van der Waals surface area contributed by atoms with E-state index in [1.165, 1.54) is 17.0 Å². The molecule has 1 unspecified atom stereocenters. The summed E-state index contributed by atoms with van der Waals surface area (Å²) >= 11 is 0. The van der Waals surface area contributed by atoms with Crippen LogP contribution >= 0.6 is 0 Å². The van der Waals surface area contributed by atoms with Gasteiger partial charge >= 0.3 is 6.18 Å². The third kappa shape index (κ3) is 3.67. The van der Waals surface area contributed by atoms with Crippen molar-refractivity contribution >= 4 is 5.91 Å². The molecule has 3 rings (SSSR count). The highest BCUT2D eigenvalue weighted by Crippen LogP contribution is 2.30. The lowest BCUT2D eigenvalue weighted by atomic mass is 10.1. The summed E-state index contributed by atoms with van der Waals surface area (Å²) in [6.45, 7) is 0.762. The monoisotopic (exact) mass is 336 g/mol. The largest absolute Gasteiger partial charge is 0.472 e. The fraction of sp³-hybridized carbons (Fsp3) is 0.294. The molecule has 1 amide bonds. The molecule has 0 N–H and O–H groups in total. The van der Waals surface area contributed by atoms with Crippen LogP contribution in [0.3, 0.4) is 0 Å². The van der Waals surface area contributed by atoms with Crippen molar-refractivity contribution in [3.63, 3.8) is 0 Å². The van der Waals surface area contributed by atoms with Crippen LogP contribution in [0, 0.1) is 0 Å². The first-order valence-electron chi connectivity index (χ1n) is 7.48. The van der Waals surface area contributed by atoms with E-state index in [2.05, 4.69) is 4.98 Å². The number of carbonyl (C=O) groups is 1. The highest BCUT2D eigenvalue weighted by atomic mass is 19.4. The molecule has 1 saturated heterocycles. The lowest BCUT2D eigenvalue weighted by Crippen LogP contribution is -2.31. The van der Waals surface area contributed by atoms with Crippen molar-refractivity contribution in [2.24, 2.45) is 0 Å². The first-order chi connectivity index (χ1) is 11.4. The van der Waals surface area contributed by atoms with Crippen LogP contribution < -0.4 is 4.74 Å². The molecule has 0 bridgehead atoms. The molecule has 126 valence electrons. The summed E-state index contributed by atoms with van der Waals surface area (Å²) in [5.74, 6) is 0.0455. The van der Waals surface area contributed by atoms with Gasteiger partial charge in [0, 0.05) is 30.8 Å². The van der Waals surface area contributed by atoms with E-state index in [0.717, 1.165) is 12.1 Å². The van der Waals surface area contributed by atoms with Gasteiger partial charge in [-0.2, -0.15) is 13.2 Å². The zero-order valence-electron chi connectivity index (χ0n) is 12.7. The Morgan fingerprint density at radius 3 is 2.75 bits per heavy atom. The quantitative estimate of drug-likeness (QED) is 0.863. The first kappa shape index (κ1) is 16.3. The average Bonchev–Trinajstić information content (AvgIpc) is 3.03. The molecule has 1 fully saturated rings. The number of amides is 1. The summed E-state index contributed by atoms with van der Waals surface area (Å²) in [6.07, 6.45) is -2.46. The second-order valence-electron chi connectivity index (χ2n) is 5.53. The van der Waals surface area contributed by atoms with Crippen molar-refractivity contribution in [3.05, 3.63) is 59.8 Å². The van der Waals surface area contributed by atoms with Crippen LogP contribution in [-0.2, 0) is 6.18 Å². The van der Waals surface area contributed by atoms with Gasteiger partial charge in [-0.3, -0.25) is 4.79 Å². The zero-order chi connectivity index (χ0) is 17.2. The number of hydrogen-bond acceptors (Lipinski definition) is 3. The molecule has 1 atom stereocenters. The number of hydrogen-bond donors (Lipinski definition) is 0. The number of rotatable bonds is 3. The van der Waals surface area contributed by atoms with Gasteiger partial charge in [0.1, 0.15) is 6.10 Å². The summed E-state index contributed by atoms with van der Waals surface area (Å²) in [4.78, 5) is 18.0. The fourth-order valence-electron chi connectivity index (χ4n) is 2.61. The van der Waals surface area contributed by atoms with Crippen molar-refractivity contribution in [2.75, 3.05) is 13.1 Å². The second kappa shape index (κ2) is 6.51. The molecular formula is C17H15F3N2O2. The van der Waals surface area contributed by atoms with Crippen LogP contribution in [0.5, 0.6) is 5.88 Å². The average molecular weight is 336 g/mol. The van der Waals surface area contributed by atoms with Gasteiger partial charge < -0.3 is 9.64 Å². The van der Waals surface area contributed by atoms with E-state index < -0.39 is 17.6 Å². The van der Waals surface area contributed by atoms with E-state index in [9.17, 15) is 18.0 Å². The summed E-state index contributed by atoms with van der Waals surface area (Å²) in [5, 5.41) is 0. The molecule has 2 aromatic rings. The van der Waals surface area contributed by atoms with Crippen LogP contribution in [0.4, 0.5) is 13.2 Å². The van der Waals surface area contributed by atoms with Crippen molar-refractivity contribution in [1.29, 1.82) is 0 Å². The van der Waals surface area contributed by atoms with Crippen LogP contribution in [0.2, 0.25) is 0 Å². The normalized spacial score (nSPS) is 17.8. The van der Waals surface area contributed by atoms with E-state index >= 15 is 0 Å². The summed E-state index contributed by atoms with van der Waals surface area (Å²) < 4.78 is 44.0. The van der Waals surface area contributed by atoms with Crippen LogP contribution in [0.15, 0.2) is 48.7 Å². The van der Waals surface area contributed by atoms with Gasteiger partial charge in [0.15, 0.2) is 0 Å². The van der Waals surface area contributed by atoms with Gasteiger partial charge in [0.05, 0.1) is 12.1 Å². The van der Waals surface area contributed by atoms with Crippen molar-refractivity contribution in [1.82, 2.24) is 9.88 Å². The van der Waals surface area contributed by atoms with Crippen LogP contribution in [0.25, 0.3) is 0 Å². The number of alkyl halides is 3. The van der Waals surface area contributed by atoms with E-state index in [4.69, 9.17) is 4.74 Å². The Morgan fingerprint density at radius 2 is 2.04 bits per heavy atom. The van der Waals surface area contributed by atoms with E-state index in [-0.39, 0.29) is 11.7 Å². The minimum Gasteiger partial charge on any atom is -0.472 e. The Labute approximate surface area is 136 Å². The molecule has 1 aliphatic heterocycles. The third-order valence-electron chi connectivity index (χ3n) is 3.79. The highest BCUT2D eigenvalue weighted by Gasteiger charge is 2.33. The number of ether oxygens (including phenoxy) is 1. The molecule has 0 saturated carbocycles. The van der Waals surface area contributed by atoms with Crippen LogP contribution in [-0.4, -0.2) is 35.0 Å². The molecule has 0 radical (unpaired) electrons. The smallest absolute Gasteiger partial charge is 0.416 e. The van der Waals surface area contributed by atoms with Gasteiger partial charge in [-0.25, -0.2) is 4.98 Å². The summed E-state index contributed by atoms with van der Waals surface area (Å²) in [6, 6.07) is 9.76. The Balaban J connectivity index is 1.66. The number of benzene rings is 1. The lowest BCUT2D eigenvalue weighted by Gasteiger charge is -2.17. The van der Waals surface area contributed by atoms with E-state index in [1.807, 2.05) is 0 Å². The Kier molecular flexibility index (Phi) is 4.42. The fourth-order valence-corrected chi connectivity index (χ4v) is 2.61. The minimum absolute atomic E-state index is 0.0308. The van der Waals surface area contributed by atoms with Gasteiger partial charge in [-0.15, -0.1) is 0 Å².